The average molecular weight is 238 g/mol. The zero-order valence-corrected chi connectivity index (χ0v) is 11.5. The van der Waals surface area contributed by atoms with Crippen LogP contribution < -0.4 is 9.47 Å². The van der Waals surface area contributed by atoms with Crippen LogP contribution in [-0.2, 0) is 4.74 Å². The molecule has 0 spiro atoms. The van der Waals surface area contributed by atoms with Crippen molar-refractivity contribution in [3.63, 3.8) is 0 Å². The minimum Gasteiger partial charge on any atom is -0.493 e. The topological polar surface area (TPSA) is 27.7 Å². The number of hydrogen-bond donors (Lipinski definition) is 0. The zero-order chi connectivity index (χ0) is 13.1. The van der Waals surface area contributed by atoms with Crippen molar-refractivity contribution in [2.45, 2.75) is 38.9 Å². The van der Waals surface area contributed by atoms with E-state index in [1.165, 1.54) is 0 Å². The van der Waals surface area contributed by atoms with Crippen LogP contribution in [0.5, 0.6) is 11.5 Å². The minimum atomic E-state index is -0.462. The van der Waals surface area contributed by atoms with E-state index in [1.54, 1.807) is 14.2 Å². The van der Waals surface area contributed by atoms with Gasteiger partial charge >= 0.3 is 0 Å². The van der Waals surface area contributed by atoms with E-state index in [0.717, 1.165) is 11.5 Å². The van der Waals surface area contributed by atoms with E-state index >= 15 is 0 Å². The number of benzene rings is 1. The molecule has 96 valence electrons. The highest BCUT2D eigenvalue weighted by Crippen LogP contribution is 2.34. The second-order valence-corrected chi connectivity index (χ2v) is 4.98. The van der Waals surface area contributed by atoms with E-state index in [9.17, 15) is 0 Å². The maximum atomic E-state index is 6.03. The first-order chi connectivity index (χ1) is 7.84. The largest absolute Gasteiger partial charge is 0.493 e. The second kappa shape index (κ2) is 4.96. The molecule has 1 aromatic carbocycles. The number of ether oxygens (including phenoxy) is 3. The van der Waals surface area contributed by atoms with Crippen LogP contribution in [0.3, 0.4) is 0 Å². The van der Waals surface area contributed by atoms with Gasteiger partial charge in [0.05, 0.1) is 7.11 Å². The molecule has 0 radical (unpaired) electrons. The molecule has 0 aliphatic rings. The Bertz CT molecular complexity index is 369. The molecule has 1 aromatic rings. The molecule has 0 aromatic heterocycles. The smallest absolute Gasteiger partial charge is 0.162 e. The van der Waals surface area contributed by atoms with Crippen molar-refractivity contribution in [2.24, 2.45) is 0 Å². The molecule has 0 saturated heterocycles. The second-order valence-electron chi connectivity index (χ2n) is 4.98. The average Bonchev–Trinajstić information content (AvgIpc) is 2.29. The normalized spacial score (nSPS) is 12.4. The quantitative estimate of drug-likeness (QED) is 0.788. The summed E-state index contributed by atoms with van der Waals surface area (Å²) in [6.07, 6.45) is 0. The first-order valence-electron chi connectivity index (χ1n) is 5.71. The molecule has 0 heterocycles. The Hall–Kier alpha value is -1.22. The van der Waals surface area contributed by atoms with Crippen LogP contribution in [0, 0.1) is 0 Å². The molecule has 0 unspecified atom stereocenters. The summed E-state index contributed by atoms with van der Waals surface area (Å²) >= 11 is 0. The Balaban J connectivity index is 2.97. The minimum absolute atomic E-state index is 0.395. The van der Waals surface area contributed by atoms with Gasteiger partial charge in [0, 0.05) is 7.11 Å². The molecule has 0 saturated carbocycles. The molecule has 1 rings (SSSR count). The lowest BCUT2D eigenvalue weighted by Crippen LogP contribution is -2.51. The van der Waals surface area contributed by atoms with Gasteiger partial charge in [0.1, 0.15) is 11.2 Å². The monoisotopic (exact) mass is 238 g/mol. The lowest BCUT2D eigenvalue weighted by molar-refractivity contribution is -0.115. The fourth-order valence-electron chi connectivity index (χ4n) is 1.35. The molecule has 0 N–H and O–H groups in total. The van der Waals surface area contributed by atoms with Crippen LogP contribution in [0.25, 0.3) is 0 Å². The summed E-state index contributed by atoms with van der Waals surface area (Å²) in [5, 5.41) is 0. The van der Waals surface area contributed by atoms with Gasteiger partial charge in [-0.25, -0.2) is 0 Å². The van der Waals surface area contributed by atoms with Crippen LogP contribution in [0.15, 0.2) is 24.3 Å². The summed E-state index contributed by atoms with van der Waals surface area (Å²) in [5.41, 5.74) is -0.857. The molecule has 3 heteroatoms. The zero-order valence-electron chi connectivity index (χ0n) is 11.5. The third-order valence-corrected chi connectivity index (χ3v) is 3.39. The van der Waals surface area contributed by atoms with Gasteiger partial charge in [-0.05, 0) is 39.8 Å². The Morgan fingerprint density at radius 2 is 1.35 bits per heavy atom. The third kappa shape index (κ3) is 2.91. The van der Waals surface area contributed by atoms with Crippen molar-refractivity contribution in [3.8, 4) is 11.5 Å². The molecule has 0 bridgehead atoms. The SMILES string of the molecule is COc1ccccc1OC(C)(C)C(C)(C)OC. The van der Waals surface area contributed by atoms with E-state index in [4.69, 9.17) is 14.2 Å². The first kappa shape index (κ1) is 13.8. The summed E-state index contributed by atoms with van der Waals surface area (Å²) < 4.78 is 16.8. The highest BCUT2D eigenvalue weighted by molar-refractivity contribution is 5.39. The molecule has 0 aliphatic heterocycles. The van der Waals surface area contributed by atoms with Crippen LogP contribution in [0.2, 0.25) is 0 Å². The Morgan fingerprint density at radius 3 is 1.82 bits per heavy atom. The van der Waals surface area contributed by atoms with Gasteiger partial charge in [0.25, 0.3) is 0 Å². The van der Waals surface area contributed by atoms with Crippen molar-refractivity contribution >= 4 is 0 Å². The summed E-state index contributed by atoms with van der Waals surface area (Å²) in [4.78, 5) is 0. The fourth-order valence-corrected chi connectivity index (χ4v) is 1.35. The molecule has 17 heavy (non-hydrogen) atoms. The lowest BCUT2D eigenvalue weighted by atomic mass is 9.89. The van der Waals surface area contributed by atoms with Crippen LogP contribution >= 0.6 is 0 Å². The highest BCUT2D eigenvalue weighted by atomic mass is 16.6. The van der Waals surface area contributed by atoms with Crippen molar-refractivity contribution in [2.75, 3.05) is 14.2 Å². The van der Waals surface area contributed by atoms with E-state index in [0.29, 0.717) is 0 Å². The van der Waals surface area contributed by atoms with E-state index < -0.39 is 11.2 Å². The van der Waals surface area contributed by atoms with E-state index in [1.807, 2.05) is 52.0 Å². The maximum Gasteiger partial charge on any atom is 0.162 e. The fraction of sp³-hybridized carbons (Fsp3) is 0.571. The van der Waals surface area contributed by atoms with Crippen molar-refractivity contribution in [1.82, 2.24) is 0 Å². The number of rotatable bonds is 5. The predicted molar refractivity (Wildman–Crippen MR) is 68.8 cm³/mol. The Kier molecular flexibility index (Phi) is 4.04. The molecular weight excluding hydrogens is 216 g/mol. The number of para-hydroxylation sites is 2. The Morgan fingerprint density at radius 1 is 0.824 bits per heavy atom. The van der Waals surface area contributed by atoms with Gasteiger partial charge in [0.15, 0.2) is 11.5 Å². The van der Waals surface area contributed by atoms with E-state index in [2.05, 4.69) is 0 Å². The Labute approximate surface area is 104 Å². The van der Waals surface area contributed by atoms with Crippen LogP contribution in [0.1, 0.15) is 27.7 Å². The molecule has 0 atom stereocenters. The molecule has 0 amide bonds. The summed E-state index contributed by atoms with van der Waals surface area (Å²) in [7, 11) is 3.32. The van der Waals surface area contributed by atoms with Gasteiger partial charge in [-0.1, -0.05) is 12.1 Å². The molecule has 3 nitrogen and oxygen atoms in total. The number of hydrogen-bond acceptors (Lipinski definition) is 3. The molecular formula is C14H22O3. The number of methoxy groups -OCH3 is 2. The standard InChI is InChI=1S/C14H22O3/c1-13(2,16-6)14(3,4)17-12-10-8-7-9-11(12)15-5/h7-10H,1-6H3. The molecule has 0 aliphatic carbocycles. The van der Waals surface area contributed by atoms with Crippen LogP contribution in [-0.4, -0.2) is 25.4 Å². The highest BCUT2D eigenvalue weighted by Gasteiger charge is 2.39. The maximum absolute atomic E-state index is 6.03. The van der Waals surface area contributed by atoms with Crippen molar-refractivity contribution < 1.29 is 14.2 Å². The van der Waals surface area contributed by atoms with Crippen molar-refractivity contribution in [3.05, 3.63) is 24.3 Å². The summed E-state index contributed by atoms with van der Waals surface area (Å²) in [5.74, 6) is 1.46. The lowest BCUT2D eigenvalue weighted by Gasteiger charge is -2.40. The van der Waals surface area contributed by atoms with E-state index in [-0.39, 0.29) is 0 Å². The van der Waals surface area contributed by atoms with Gasteiger partial charge in [0.2, 0.25) is 0 Å². The van der Waals surface area contributed by atoms with Gasteiger partial charge in [-0.15, -0.1) is 0 Å². The summed E-state index contributed by atoms with van der Waals surface area (Å²) in [6, 6.07) is 7.62. The molecule has 0 fully saturated rings. The predicted octanol–water partition coefficient (Wildman–Crippen LogP) is 3.28. The van der Waals surface area contributed by atoms with Gasteiger partial charge < -0.3 is 14.2 Å². The third-order valence-electron chi connectivity index (χ3n) is 3.39. The summed E-state index contributed by atoms with van der Waals surface area (Å²) in [6.45, 7) is 8.01. The van der Waals surface area contributed by atoms with Gasteiger partial charge in [-0.3, -0.25) is 0 Å². The first-order valence-corrected chi connectivity index (χ1v) is 5.71. The van der Waals surface area contributed by atoms with Crippen molar-refractivity contribution in [1.29, 1.82) is 0 Å². The van der Waals surface area contributed by atoms with Crippen LogP contribution in [0.4, 0.5) is 0 Å². The van der Waals surface area contributed by atoms with Gasteiger partial charge in [-0.2, -0.15) is 0 Å².